The Bertz CT molecular complexity index is 552. The van der Waals surface area contributed by atoms with Crippen LogP contribution in [0.4, 0.5) is 0 Å². The number of rotatable bonds is 4. The average Bonchev–Trinajstić information content (AvgIpc) is 2.85. The van der Waals surface area contributed by atoms with Gasteiger partial charge in [-0.3, -0.25) is 0 Å². The predicted molar refractivity (Wildman–Crippen MR) is 77.2 cm³/mol. The zero-order valence-corrected chi connectivity index (χ0v) is 11.9. The quantitative estimate of drug-likeness (QED) is 0.928. The summed E-state index contributed by atoms with van der Waals surface area (Å²) in [6.07, 6.45) is 3.87. The van der Waals surface area contributed by atoms with E-state index in [4.69, 9.17) is 0 Å². The van der Waals surface area contributed by atoms with Gasteiger partial charge in [0.2, 0.25) is 0 Å². The van der Waals surface area contributed by atoms with E-state index in [-0.39, 0.29) is 0 Å². The molecule has 1 aliphatic heterocycles. The van der Waals surface area contributed by atoms with Gasteiger partial charge in [-0.1, -0.05) is 18.2 Å². The van der Waals surface area contributed by atoms with Gasteiger partial charge in [-0.25, -0.2) is 0 Å². The Morgan fingerprint density at radius 2 is 2.32 bits per heavy atom. The summed E-state index contributed by atoms with van der Waals surface area (Å²) in [7, 11) is 1.99. The van der Waals surface area contributed by atoms with E-state index < -0.39 is 0 Å². The molecule has 19 heavy (non-hydrogen) atoms. The van der Waals surface area contributed by atoms with Crippen LogP contribution in [0.2, 0.25) is 0 Å². The Kier molecular flexibility index (Phi) is 3.84. The summed E-state index contributed by atoms with van der Waals surface area (Å²) in [6, 6.07) is 9.18. The number of hydrogen-bond donors (Lipinski definition) is 1. The first-order valence-corrected chi connectivity index (χ1v) is 7.61. The molecule has 0 amide bonds. The number of thioether (sulfide) groups is 1. The van der Waals surface area contributed by atoms with E-state index in [9.17, 15) is 0 Å². The SMILES string of the molecule is Cn1cnnc1CCNC1CCSc2ccccc21. The van der Waals surface area contributed by atoms with Crippen molar-refractivity contribution >= 4 is 11.8 Å². The summed E-state index contributed by atoms with van der Waals surface area (Å²) in [5.74, 6) is 2.23. The lowest BCUT2D eigenvalue weighted by Crippen LogP contribution is -2.27. The highest BCUT2D eigenvalue weighted by Gasteiger charge is 2.19. The molecular weight excluding hydrogens is 256 g/mol. The van der Waals surface area contributed by atoms with Crippen LogP contribution in [0.25, 0.3) is 0 Å². The van der Waals surface area contributed by atoms with Crippen molar-refractivity contribution in [1.82, 2.24) is 20.1 Å². The monoisotopic (exact) mass is 274 g/mol. The van der Waals surface area contributed by atoms with Crippen molar-refractivity contribution < 1.29 is 0 Å². The lowest BCUT2D eigenvalue weighted by atomic mass is 10.0. The Labute approximate surface area is 117 Å². The number of aromatic nitrogens is 3. The number of nitrogens with one attached hydrogen (secondary N) is 1. The summed E-state index contributed by atoms with van der Waals surface area (Å²) in [4.78, 5) is 1.42. The first kappa shape index (κ1) is 12.7. The summed E-state index contributed by atoms with van der Waals surface area (Å²) in [6.45, 7) is 0.941. The average molecular weight is 274 g/mol. The number of hydrogen-bond acceptors (Lipinski definition) is 4. The molecule has 100 valence electrons. The standard InChI is InChI=1S/C14H18N4S/c1-18-10-16-17-14(18)6-8-15-12-7-9-19-13-5-3-2-4-11(12)13/h2-5,10,12,15H,6-9H2,1H3. The fraction of sp³-hybridized carbons (Fsp3) is 0.429. The third kappa shape index (κ3) is 2.82. The Balaban J connectivity index is 1.61. The fourth-order valence-corrected chi connectivity index (χ4v) is 3.57. The van der Waals surface area contributed by atoms with Crippen molar-refractivity contribution in [2.75, 3.05) is 12.3 Å². The molecule has 5 heteroatoms. The molecule has 0 saturated heterocycles. The molecule has 0 fully saturated rings. The second-order valence-electron chi connectivity index (χ2n) is 4.79. The molecule has 0 saturated carbocycles. The van der Waals surface area contributed by atoms with Crippen molar-refractivity contribution in [3.05, 3.63) is 42.0 Å². The van der Waals surface area contributed by atoms with Crippen molar-refractivity contribution in [1.29, 1.82) is 0 Å². The highest BCUT2D eigenvalue weighted by Crippen LogP contribution is 2.35. The third-order valence-electron chi connectivity index (χ3n) is 3.50. The van der Waals surface area contributed by atoms with Gasteiger partial charge in [-0.2, -0.15) is 0 Å². The lowest BCUT2D eigenvalue weighted by molar-refractivity contribution is 0.507. The highest BCUT2D eigenvalue weighted by atomic mass is 32.2. The van der Waals surface area contributed by atoms with E-state index in [0.29, 0.717) is 6.04 Å². The van der Waals surface area contributed by atoms with Gasteiger partial charge in [0, 0.05) is 31.0 Å². The number of nitrogens with zero attached hydrogens (tertiary/aromatic N) is 3. The molecule has 0 bridgehead atoms. The third-order valence-corrected chi connectivity index (χ3v) is 4.63. The van der Waals surface area contributed by atoms with E-state index in [1.165, 1.54) is 22.6 Å². The van der Waals surface area contributed by atoms with Gasteiger partial charge in [-0.15, -0.1) is 22.0 Å². The molecule has 1 unspecified atom stereocenters. The molecule has 0 radical (unpaired) electrons. The van der Waals surface area contributed by atoms with Crippen LogP contribution in [0.15, 0.2) is 35.5 Å². The summed E-state index contributed by atoms with van der Waals surface area (Å²) >= 11 is 1.96. The van der Waals surface area contributed by atoms with Crippen molar-refractivity contribution in [2.45, 2.75) is 23.8 Å². The molecule has 4 nitrogen and oxygen atoms in total. The van der Waals surface area contributed by atoms with Crippen LogP contribution in [0.5, 0.6) is 0 Å². The zero-order chi connectivity index (χ0) is 13.1. The predicted octanol–water partition coefficient (Wildman–Crippen LogP) is 2.18. The van der Waals surface area contributed by atoms with Gasteiger partial charge in [0.1, 0.15) is 12.2 Å². The van der Waals surface area contributed by atoms with Gasteiger partial charge in [0.25, 0.3) is 0 Å². The summed E-state index contributed by atoms with van der Waals surface area (Å²) < 4.78 is 1.98. The smallest absolute Gasteiger partial charge is 0.133 e. The van der Waals surface area contributed by atoms with Gasteiger partial charge < -0.3 is 9.88 Å². The van der Waals surface area contributed by atoms with E-state index in [2.05, 4.69) is 39.8 Å². The van der Waals surface area contributed by atoms with Crippen LogP contribution in [-0.2, 0) is 13.5 Å². The van der Waals surface area contributed by atoms with Crippen molar-refractivity contribution in [2.24, 2.45) is 7.05 Å². The van der Waals surface area contributed by atoms with Crippen LogP contribution in [0, 0.1) is 0 Å². The Hall–Kier alpha value is -1.33. The zero-order valence-electron chi connectivity index (χ0n) is 11.0. The van der Waals surface area contributed by atoms with Crippen LogP contribution < -0.4 is 5.32 Å². The van der Waals surface area contributed by atoms with Gasteiger partial charge >= 0.3 is 0 Å². The molecule has 1 atom stereocenters. The van der Waals surface area contributed by atoms with Gasteiger partial charge in [0.15, 0.2) is 0 Å². The van der Waals surface area contributed by atoms with Crippen LogP contribution >= 0.6 is 11.8 Å². The Morgan fingerprint density at radius 1 is 1.42 bits per heavy atom. The van der Waals surface area contributed by atoms with Crippen molar-refractivity contribution in [3.63, 3.8) is 0 Å². The van der Waals surface area contributed by atoms with Crippen molar-refractivity contribution in [3.8, 4) is 0 Å². The summed E-state index contributed by atoms with van der Waals surface area (Å²) in [5.41, 5.74) is 1.44. The molecule has 0 spiro atoms. The van der Waals surface area contributed by atoms with Gasteiger partial charge in [0.05, 0.1) is 0 Å². The molecular formula is C14H18N4S. The topological polar surface area (TPSA) is 42.7 Å². The molecule has 1 aliphatic rings. The number of fused-ring (bicyclic) bond motifs is 1. The largest absolute Gasteiger partial charge is 0.321 e. The second kappa shape index (κ2) is 5.75. The molecule has 0 aliphatic carbocycles. The molecule has 1 aromatic heterocycles. The molecule has 3 rings (SSSR count). The molecule has 2 heterocycles. The maximum absolute atomic E-state index is 4.11. The first-order chi connectivity index (χ1) is 9.34. The number of aryl methyl sites for hydroxylation is 1. The van der Waals surface area contributed by atoms with Crippen LogP contribution in [0.3, 0.4) is 0 Å². The maximum Gasteiger partial charge on any atom is 0.133 e. The first-order valence-electron chi connectivity index (χ1n) is 6.62. The minimum Gasteiger partial charge on any atom is -0.321 e. The van der Waals surface area contributed by atoms with E-state index in [1.54, 1.807) is 6.33 Å². The van der Waals surface area contributed by atoms with Crippen LogP contribution in [-0.4, -0.2) is 27.1 Å². The van der Waals surface area contributed by atoms with E-state index in [0.717, 1.165) is 18.8 Å². The fourth-order valence-electron chi connectivity index (χ4n) is 2.45. The van der Waals surface area contributed by atoms with E-state index >= 15 is 0 Å². The Morgan fingerprint density at radius 3 is 3.16 bits per heavy atom. The normalized spacial score (nSPS) is 18.3. The molecule has 1 aromatic carbocycles. The minimum absolute atomic E-state index is 0.477. The molecule has 1 N–H and O–H groups in total. The highest BCUT2D eigenvalue weighted by molar-refractivity contribution is 7.99. The number of benzene rings is 1. The molecule has 2 aromatic rings. The lowest BCUT2D eigenvalue weighted by Gasteiger charge is -2.25. The summed E-state index contributed by atoms with van der Waals surface area (Å²) in [5, 5.41) is 11.7. The van der Waals surface area contributed by atoms with E-state index in [1.807, 2.05) is 23.4 Å². The second-order valence-corrected chi connectivity index (χ2v) is 5.93. The van der Waals surface area contributed by atoms with Crippen LogP contribution in [0.1, 0.15) is 23.9 Å². The van der Waals surface area contributed by atoms with Gasteiger partial charge in [-0.05, 0) is 23.8 Å². The maximum atomic E-state index is 4.11. The minimum atomic E-state index is 0.477.